The third-order valence-corrected chi connectivity index (χ3v) is 4.01. The Hall–Kier alpha value is -1.43. The molecule has 0 radical (unpaired) electrons. The van der Waals surface area contributed by atoms with E-state index in [1.807, 2.05) is 6.92 Å². The summed E-state index contributed by atoms with van der Waals surface area (Å²) < 4.78 is 5.62. The monoisotopic (exact) mass is 356 g/mol. The van der Waals surface area contributed by atoms with Gasteiger partial charge >= 0.3 is 5.97 Å². The lowest BCUT2D eigenvalue weighted by Gasteiger charge is -2.06. The molecule has 0 N–H and O–H groups in total. The number of ether oxygens (including phenoxy) is 1. The lowest BCUT2D eigenvalue weighted by Crippen LogP contribution is -2.19. The molecule has 0 amide bonds. The summed E-state index contributed by atoms with van der Waals surface area (Å²) in [6.45, 7) is 5.66. The second-order valence-electron chi connectivity index (χ2n) is 4.46. The van der Waals surface area contributed by atoms with Gasteiger partial charge in [-0.15, -0.1) is 11.3 Å². The van der Waals surface area contributed by atoms with Gasteiger partial charge in [-0.05, 0) is 39.0 Å². The van der Waals surface area contributed by atoms with Gasteiger partial charge in [0, 0.05) is 10.0 Å². The van der Waals surface area contributed by atoms with Crippen LogP contribution in [-0.4, -0.2) is 17.6 Å². The maximum Gasteiger partial charge on any atom is 0.343 e. The Morgan fingerprint density at radius 3 is 2.50 bits per heavy atom. The van der Waals surface area contributed by atoms with Crippen molar-refractivity contribution >= 4 is 46.2 Å². The summed E-state index contributed by atoms with van der Waals surface area (Å²) in [6.07, 6.45) is 0. The summed E-state index contributed by atoms with van der Waals surface area (Å²) in [6, 6.07) is 4.99. The predicted octanol–water partition coefficient (Wildman–Crippen LogP) is 4.48. The molecule has 0 aliphatic carbocycles. The van der Waals surface area contributed by atoms with Crippen molar-refractivity contribution in [2.45, 2.75) is 20.8 Å². The molecule has 0 saturated heterocycles. The van der Waals surface area contributed by atoms with Crippen LogP contribution >= 0.6 is 34.5 Å². The molecule has 0 fully saturated rings. The average molecular weight is 357 g/mol. The SMILES string of the molecule is CCOC(=O)c1c(C)nc(C)sc1=Nc1cc(Cl)cc(Cl)c1. The van der Waals surface area contributed by atoms with E-state index in [4.69, 9.17) is 27.9 Å². The fourth-order valence-electron chi connectivity index (χ4n) is 1.90. The number of nitrogens with zero attached hydrogens (tertiary/aromatic N) is 2. The van der Waals surface area contributed by atoms with Gasteiger partial charge in [-0.3, -0.25) is 0 Å². The molecule has 1 aromatic carbocycles. The zero-order valence-corrected chi connectivity index (χ0v) is 14.6. The molecule has 2 aromatic rings. The largest absolute Gasteiger partial charge is 0.462 e. The van der Waals surface area contributed by atoms with Crippen molar-refractivity contribution < 1.29 is 9.53 Å². The molecule has 1 heterocycles. The van der Waals surface area contributed by atoms with Gasteiger partial charge in [0.1, 0.15) is 10.2 Å². The number of hydrogen-bond acceptors (Lipinski definition) is 5. The van der Waals surface area contributed by atoms with Gasteiger partial charge in [0.05, 0.1) is 23.0 Å². The molecule has 1 aromatic heterocycles. The van der Waals surface area contributed by atoms with Gasteiger partial charge in [0.15, 0.2) is 0 Å². The Labute approximate surface area is 142 Å². The van der Waals surface area contributed by atoms with Crippen LogP contribution in [0.1, 0.15) is 28.0 Å². The highest BCUT2D eigenvalue weighted by Gasteiger charge is 2.15. The van der Waals surface area contributed by atoms with Crippen molar-refractivity contribution in [2.24, 2.45) is 4.99 Å². The van der Waals surface area contributed by atoms with Crippen LogP contribution in [0.5, 0.6) is 0 Å². The van der Waals surface area contributed by atoms with E-state index >= 15 is 0 Å². The zero-order chi connectivity index (χ0) is 16.3. The molecule has 0 atom stereocenters. The topological polar surface area (TPSA) is 51.5 Å². The number of carbonyl (C=O) groups is 1. The number of esters is 1. The van der Waals surface area contributed by atoms with Gasteiger partial charge < -0.3 is 4.74 Å². The summed E-state index contributed by atoms with van der Waals surface area (Å²) in [4.78, 5) is 21.0. The van der Waals surface area contributed by atoms with Crippen molar-refractivity contribution in [1.29, 1.82) is 0 Å². The lowest BCUT2D eigenvalue weighted by atomic mass is 10.2. The minimum atomic E-state index is -0.435. The van der Waals surface area contributed by atoms with Crippen molar-refractivity contribution in [3.63, 3.8) is 0 Å². The molecule has 0 aliphatic heterocycles. The smallest absolute Gasteiger partial charge is 0.343 e. The highest BCUT2D eigenvalue weighted by Crippen LogP contribution is 2.24. The van der Waals surface area contributed by atoms with Crippen LogP contribution in [0.4, 0.5) is 5.69 Å². The van der Waals surface area contributed by atoms with E-state index in [1.165, 1.54) is 11.3 Å². The van der Waals surface area contributed by atoms with Crippen molar-refractivity contribution in [2.75, 3.05) is 6.61 Å². The summed E-state index contributed by atoms with van der Waals surface area (Å²) in [5.41, 5.74) is 1.53. The van der Waals surface area contributed by atoms with Gasteiger partial charge in [0.2, 0.25) is 0 Å². The average Bonchev–Trinajstić information content (AvgIpc) is 2.36. The molecular formula is C15H14Cl2N2O2S. The Bertz CT molecular complexity index is 767. The molecule has 116 valence electrons. The molecule has 2 rings (SSSR count). The fraction of sp³-hybridized carbons (Fsp3) is 0.267. The van der Waals surface area contributed by atoms with Crippen LogP contribution in [0.3, 0.4) is 0 Å². The van der Waals surface area contributed by atoms with Gasteiger partial charge in [-0.1, -0.05) is 23.2 Å². The molecule has 0 spiro atoms. The molecule has 22 heavy (non-hydrogen) atoms. The van der Waals surface area contributed by atoms with E-state index in [2.05, 4.69) is 9.98 Å². The molecule has 0 saturated carbocycles. The molecule has 0 aliphatic rings. The molecule has 0 bridgehead atoms. The Morgan fingerprint density at radius 1 is 1.27 bits per heavy atom. The van der Waals surface area contributed by atoms with Crippen LogP contribution < -0.4 is 4.67 Å². The lowest BCUT2D eigenvalue weighted by molar-refractivity contribution is 0.0523. The predicted molar refractivity (Wildman–Crippen MR) is 89.2 cm³/mol. The van der Waals surface area contributed by atoms with Gasteiger partial charge in [0.25, 0.3) is 0 Å². The van der Waals surface area contributed by atoms with E-state index < -0.39 is 5.97 Å². The maximum absolute atomic E-state index is 12.2. The first-order valence-corrected chi connectivity index (χ1v) is 8.14. The first-order valence-electron chi connectivity index (χ1n) is 6.57. The molecular weight excluding hydrogens is 343 g/mol. The number of aryl methyl sites for hydroxylation is 2. The highest BCUT2D eigenvalue weighted by molar-refractivity contribution is 7.09. The van der Waals surface area contributed by atoms with E-state index in [0.717, 1.165) is 5.01 Å². The quantitative estimate of drug-likeness (QED) is 0.762. The van der Waals surface area contributed by atoms with Crippen LogP contribution in [0, 0.1) is 13.8 Å². The number of hydrogen-bond donors (Lipinski definition) is 0. The van der Waals surface area contributed by atoms with E-state index in [-0.39, 0.29) is 0 Å². The van der Waals surface area contributed by atoms with Crippen LogP contribution in [-0.2, 0) is 4.74 Å². The normalized spacial score (nSPS) is 11.6. The van der Waals surface area contributed by atoms with Gasteiger partial charge in [-0.2, -0.15) is 0 Å². The van der Waals surface area contributed by atoms with E-state index in [9.17, 15) is 4.79 Å². The molecule has 4 nitrogen and oxygen atoms in total. The second kappa shape index (κ2) is 7.22. The van der Waals surface area contributed by atoms with Crippen LogP contribution in [0.25, 0.3) is 0 Å². The van der Waals surface area contributed by atoms with Crippen molar-refractivity contribution in [3.8, 4) is 0 Å². The minimum absolute atomic E-state index is 0.291. The number of rotatable bonds is 3. The minimum Gasteiger partial charge on any atom is -0.462 e. The third-order valence-electron chi connectivity index (χ3n) is 2.70. The number of aromatic nitrogens is 1. The summed E-state index contributed by atoms with van der Waals surface area (Å²) >= 11 is 13.3. The first kappa shape index (κ1) is 16.9. The van der Waals surface area contributed by atoms with Crippen LogP contribution in [0.2, 0.25) is 10.0 Å². The number of carbonyl (C=O) groups excluding carboxylic acids is 1. The fourth-order valence-corrected chi connectivity index (χ4v) is 3.36. The summed E-state index contributed by atoms with van der Waals surface area (Å²) in [5.74, 6) is -0.435. The second-order valence-corrected chi connectivity index (χ2v) is 6.51. The molecule has 0 unspecified atom stereocenters. The van der Waals surface area contributed by atoms with Crippen molar-refractivity contribution in [3.05, 3.63) is 49.2 Å². The number of halogens is 2. The Kier molecular flexibility index (Phi) is 5.56. The van der Waals surface area contributed by atoms with Crippen molar-refractivity contribution in [1.82, 2.24) is 4.98 Å². The number of benzene rings is 1. The maximum atomic E-state index is 12.2. The van der Waals surface area contributed by atoms with Crippen LogP contribution in [0.15, 0.2) is 23.2 Å². The zero-order valence-electron chi connectivity index (χ0n) is 12.3. The third kappa shape index (κ3) is 4.06. The highest BCUT2D eigenvalue weighted by atomic mass is 35.5. The molecule has 7 heteroatoms. The van der Waals surface area contributed by atoms with E-state index in [1.54, 1.807) is 32.0 Å². The summed E-state index contributed by atoms with van der Waals surface area (Å²) in [7, 11) is 0. The standard InChI is InChI=1S/C15H14Cl2N2O2S/c1-4-21-15(20)13-8(2)18-9(3)22-14(13)19-12-6-10(16)5-11(17)7-12/h5-7H,4H2,1-3H3. The Morgan fingerprint density at radius 2 is 1.91 bits per heavy atom. The van der Waals surface area contributed by atoms with Gasteiger partial charge in [-0.25, -0.2) is 14.8 Å². The first-order chi connectivity index (χ1) is 10.4. The van der Waals surface area contributed by atoms with E-state index in [0.29, 0.717) is 38.3 Å². The Balaban J connectivity index is 2.67. The summed E-state index contributed by atoms with van der Waals surface area (Å²) in [5, 5.41) is 1.77.